The largest absolute Gasteiger partial charge is 0.350 e. The molecule has 0 saturated heterocycles. The molecule has 3 N–H and O–H groups in total. The molecular formula is C17H20N2O3S. The first-order valence-electron chi connectivity index (χ1n) is 7.32. The van der Waals surface area contributed by atoms with Gasteiger partial charge in [0.15, 0.2) is 0 Å². The number of sulfonamides is 1. The van der Waals surface area contributed by atoms with Crippen LogP contribution in [0.2, 0.25) is 0 Å². The Hall–Kier alpha value is -2.18. The van der Waals surface area contributed by atoms with E-state index in [0.717, 1.165) is 11.1 Å². The normalized spacial score (nSPS) is 12.6. The lowest BCUT2D eigenvalue weighted by Crippen LogP contribution is -2.26. The SMILES string of the molecule is C[C@H](NC(=O)CCc1ccc(S(N)(=O)=O)cc1)c1ccccc1. The third-order valence-electron chi connectivity index (χ3n) is 3.57. The number of hydrogen-bond acceptors (Lipinski definition) is 3. The van der Waals surface area contributed by atoms with E-state index in [9.17, 15) is 13.2 Å². The Bertz CT molecular complexity index is 756. The number of primary sulfonamides is 1. The molecule has 0 fully saturated rings. The number of amides is 1. The highest BCUT2D eigenvalue weighted by atomic mass is 32.2. The molecule has 1 amide bonds. The lowest BCUT2D eigenvalue weighted by Gasteiger charge is -2.14. The summed E-state index contributed by atoms with van der Waals surface area (Å²) in [5, 5.41) is 7.99. The van der Waals surface area contributed by atoms with Crippen molar-refractivity contribution in [3.05, 3.63) is 65.7 Å². The number of aryl methyl sites for hydroxylation is 1. The Balaban J connectivity index is 1.87. The minimum atomic E-state index is -3.68. The molecule has 0 unspecified atom stereocenters. The summed E-state index contributed by atoms with van der Waals surface area (Å²) in [7, 11) is -3.68. The van der Waals surface area contributed by atoms with E-state index in [1.54, 1.807) is 12.1 Å². The van der Waals surface area contributed by atoms with Gasteiger partial charge in [0, 0.05) is 6.42 Å². The summed E-state index contributed by atoms with van der Waals surface area (Å²) in [4.78, 5) is 12.1. The molecule has 0 aromatic heterocycles. The van der Waals surface area contributed by atoms with Crippen LogP contribution < -0.4 is 10.5 Å². The van der Waals surface area contributed by atoms with Crippen LogP contribution in [-0.4, -0.2) is 14.3 Å². The predicted octanol–water partition coefficient (Wildman–Crippen LogP) is 2.14. The minimum Gasteiger partial charge on any atom is -0.350 e. The molecule has 0 bridgehead atoms. The molecule has 0 saturated carbocycles. The minimum absolute atomic E-state index is 0.0446. The lowest BCUT2D eigenvalue weighted by atomic mass is 10.1. The quantitative estimate of drug-likeness (QED) is 0.849. The Kier molecular flexibility index (Phi) is 5.52. The Morgan fingerprint density at radius 1 is 1.09 bits per heavy atom. The standard InChI is InChI=1S/C17H20N2O3S/c1-13(15-5-3-2-4-6-15)19-17(20)12-9-14-7-10-16(11-8-14)23(18,21)22/h2-8,10-11,13H,9,12H2,1H3,(H,19,20)(H2,18,21,22)/t13-/m0/s1. The van der Waals surface area contributed by atoms with Crippen LogP contribution in [0.25, 0.3) is 0 Å². The van der Waals surface area contributed by atoms with Crippen LogP contribution in [0.15, 0.2) is 59.5 Å². The van der Waals surface area contributed by atoms with Crippen LogP contribution in [-0.2, 0) is 21.2 Å². The maximum atomic E-state index is 12.0. The summed E-state index contributed by atoms with van der Waals surface area (Å²) in [6.45, 7) is 1.94. The zero-order valence-corrected chi connectivity index (χ0v) is 13.7. The molecule has 2 aromatic carbocycles. The fraction of sp³-hybridized carbons (Fsp3) is 0.235. The van der Waals surface area contributed by atoms with Crippen LogP contribution in [0.5, 0.6) is 0 Å². The Morgan fingerprint density at radius 3 is 2.26 bits per heavy atom. The molecule has 6 heteroatoms. The summed E-state index contributed by atoms with van der Waals surface area (Å²) >= 11 is 0. The number of nitrogens with one attached hydrogen (secondary N) is 1. The van der Waals surface area contributed by atoms with Crippen LogP contribution in [0.4, 0.5) is 0 Å². The van der Waals surface area contributed by atoms with E-state index in [1.807, 2.05) is 37.3 Å². The van der Waals surface area contributed by atoms with Crippen LogP contribution >= 0.6 is 0 Å². The van der Waals surface area contributed by atoms with Gasteiger partial charge in [-0.05, 0) is 36.6 Å². The average Bonchev–Trinajstić information content (AvgIpc) is 2.53. The van der Waals surface area contributed by atoms with Crippen LogP contribution in [0, 0.1) is 0 Å². The van der Waals surface area contributed by atoms with Crippen molar-refractivity contribution in [2.24, 2.45) is 5.14 Å². The molecule has 2 rings (SSSR count). The smallest absolute Gasteiger partial charge is 0.238 e. The van der Waals surface area contributed by atoms with Gasteiger partial charge in [-0.2, -0.15) is 0 Å². The van der Waals surface area contributed by atoms with E-state index in [2.05, 4.69) is 5.32 Å². The van der Waals surface area contributed by atoms with Gasteiger partial charge in [0.2, 0.25) is 15.9 Å². The van der Waals surface area contributed by atoms with Crippen molar-refractivity contribution in [1.29, 1.82) is 0 Å². The number of nitrogens with two attached hydrogens (primary N) is 1. The number of carbonyl (C=O) groups is 1. The monoisotopic (exact) mass is 332 g/mol. The van der Waals surface area contributed by atoms with Gasteiger partial charge in [0.25, 0.3) is 0 Å². The molecule has 5 nitrogen and oxygen atoms in total. The molecule has 0 aliphatic rings. The molecule has 1 atom stereocenters. The van der Waals surface area contributed by atoms with Gasteiger partial charge in [0.1, 0.15) is 0 Å². The summed E-state index contributed by atoms with van der Waals surface area (Å²) in [5.41, 5.74) is 1.94. The summed E-state index contributed by atoms with van der Waals surface area (Å²) in [6, 6.07) is 16.0. The van der Waals surface area contributed by atoms with Crippen molar-refractivity contribution >= 4 is 15.9 Å². The van der Waals surface area contributed by atoms with E-state index < -0.39 is 10.0 Å². The van der Waals surface area contributed by atoms with Gasteiger partial charge in [-0.25, -0.2) is 13.6 Å². The zero-order chi connectivity index (χ0) is 16.9. The first-order valence-corrected chi connectivity index (χ1v) is 8.87. The third-order valence-corrected chi connectivity index (χ3v) is 4.50. The van der Waals surface area contributed by atoms with Gasteiger partial charge in [-0.1, -0.05) is 42.5 Å². The first-order chi connectivity index (χ1) is 10.9. The average molecular weight is 332 g/mol. The Morgan fingerprint density at radius 2 is 1.70 bits per heavy atom. The first kappa shape index (κ1) is 17.2. The van der Waals surface area contributed by atoms with E-state index in [1.165, 1.54) is 12.1 Å². The maximum absolute atomic E-state index is 12.0. The second kappa shape index (κ2) is 7.39. The van der Waals surface area contributed by atoms with E-state index in [-0.39, 0.29) is 16.8 Å². The highest BCUT2D eigenvalue weighted by Gasteiger charge is 2.10. The molecule has 0 aliphatic carbocycles. The number of carbonyl (C=O) groups excluding carboxylic acids is 1. The van der Waals surface area contributed by atoms with Gasteiger partial charge in [-0.15, -0.1) is 0 Å². The zero-order valence-electron chi connectivity index (χ0n) is 12.9. The highest BCUT2D eigenvalue weighted by molar-refractivity contribution is 7.89. The van der Waals surface area contributed by atoms with E-state index in [0.29, 0.717) is 12.8 Å². The fourth-order valence-corrected chi connectivity index (χ4v) is 2.76. The summed E-state index contributed by atoms with van der Waals surface area (Å²) in [6.07, 6.45) is 0.879. The molecule has 2 aromatic rings. The van der Waals surface area contributed by atoms with Crippen LogP contribution in [0.1, 0.15) is 30.5 Å². The van der Waals surface area contributed by atoms with Crippen molar-refractivity contribution in [3.8, 4) is 0 Å². The number of rotatable bonds is 6. The van der Waals surface area contributed by atoms with Gasteiger partial charge in [-0.3, -0.25) is 4.79 Å². The Labute approximate surface area is 136 Å². The second-order valence-corrected chi connectivity index (χ2v) is 6.95. The molecule has 23 heavy (non-hydrogen) atoms. The van der Waals surface area contributed by atoms with Gasteiger partial charge >= 0.3 is 0 Å². The molecule has 0 aliphatic heterocycles. The third kappa shape index (κ3) is 5.19. The topological polar surface area (TPSA) is 89.3 Å². The van der Waals surface area contributed by atoms with Crippen molar-refractivity contribution in [1.82, 2.24) is 5.32 Å². The summed E-state index contributed by atoms with van der Waals surface area (Å²) < 4.78 is 22.4. The molecular weight excluding hydrogens is 312 g/mol. The van der Waals surface area contributed by atoms with E-state index >= 15 is 0 Å². The predicted molar refractivity (Wildman–Crippen MR) is 89.1 cm³/mol. The highest BCUT2D eigenvalue weighted by Crippen LogP contribution is 2.13. The number of benzene rings is 2. The second-order valence-electron chi connectivity index (χ2n) is 5.39. The van der Waals surface area contributed by atoms with Gasteiger partial charge in [0.05, 0.1) is 10.9 Å². The van der Waals surface area contributed by atoms with Gasteiger partial charge < -0.3 is 5.32 Å². The molecule has 0 heterocycles. The fourth-order valence-electron chi connectivity index (χ4n) is 2.24. The van der Waals surface area contributed by atoms with Crippen molar-refractivity contribution in [2.75, 3.05) is 0 Å². The van der Waals surface area contributed by atoms with Crippen molar-refractivity contribution in [2.45, 2.75) is 30.7 Å². The van der Waals surface area contributed by atoms with Crippen molar-refractivity contribution < 1.29 is 13.2 Å². The molecule has 122 valence electrons. The summed E-state index contributed by atoms with van der Waals surface area (Å²) in [5.74, 6) is -0.0446. The molecule has 0 spiro atoms. The van der Waals surface area contributed by atoms with E-state index in [4.69, 9.17) is 5.14 Å². The van der Waals surface area contributed by atoms with Crippen molar-refractivity contribution in [3.63, 3.8) is 0 Å². The maximum Gasteiger partial charge on any atom is 0.238 e. The number of hydrogen-bond donors (Lipinski definition) is 2. The molecule has 0 radical (unpaired) electrons. The lowest BCUT2D eigenvalue weighted by molar-refractivity contribution is -0.121. The van der Waals surface area contributed by atoms with Crippen LogP contribution in [0.3, 0.4) is 0 Å².